The number of benzene rings is 2. The van der Waals surface area contributed by atoms with Crippen LogP contribution in [0.15, 0.2) is 70.5 Å². The second-order valence-electron chi connectivity index (χ2n) is 4.89. The van der Waals surface area contributed by atoms with Gasteiger partial charge in [0.15, 0.2) is 0 Å². The molecule has 0 fully saturated rings. The highest BCUT2D eigenvalue weighted by atomic mass is 79.9. The molecule has 2 aromatic heterocycles. The lowest BCUT2D eigenvalue weighted by Crippen LogP contribution is -2.24. The Balaban J connectivity index is 2.14. The fourth-order valence-corrected chi connectivity index (χ4v) is 2.82. The van der Waals surface area contributed by atoms with Gasteiger partial charge in [0.05, 0.1) is 16.6 Å². The Morgan fingerprint density at radius 2 is 1.91 bits per heavy atom. The second-order valence-corrected chi connectivity index (χ2v) is 5.81. The van der Waals surface area contributed by atoms with Crippen molar-refractivity contribution < 1.29 is 0 Å². The van der Waals surface area contributed by atoms with E-state index in [1.54, 1.807) is 6.07 Å². The molecule has 0 aliphatic heterocycles. The Hall–Kier alpha value is -2.80. The van der Waals surface area contributed by atoms with E-state index in [1.807, 2.05) is 42.5 Å². The first-order valence-electron chi connectivity index (χ1n) is 6.87. The van der Waals surface area contributed by atoms with Gasteiger partial charge < -0.3 is 0 Å². The molecule has 0 bridgehead atoms. The average molecular weight is 368 g/mol. The van der Waals surface area contributed by atoms with Gasteiger partial charge in [-0.3, -0.25) is 4.79 Å². The SMILES string of the molecule is O=c1c2ccccc2nc(-n2cncn2)n1-c1cccc(Br)c1. The molecule has 0 aliphatic rings. The molecule has 0 aliphatic carbocycles. The molecule has 112 valence electrons. The van der Waals surface area contributed by atoms with Crippen molar-refractivity contribution in [3.05, 3.63) is 76.0 Å². The molecule has 0 unspecified atom stereocenters. The second kappa shape index (κ2) is 5.44. The molecule has 4 rings (SSSR count). The molecule has 0 saturated carbocycles. The highest BCUT2D eigenvalue weighted by Crippen LogP contribution is 2.18. The van der Waals surface area contributed by atoms with Crippen molar-refractivity contribution in [1.29, 1.82) is 0 Å². The topological polar surface area (TPSA) is 65.6 Å². The third kappa shape index (κ3) is 2.35. The van der Waals surface area contributed by atoms with E-state index < -0.39 is 0 Å². The third-order valence-corrected chi connectivity index (χ3v) is 3.94. The molecule has 2 aromatic carbocycles. The number of para-hydroxylation sites is 1. The van der Waals surface area contributed by atoms with Gasteiger partial charge >= 0.3 is 0 Å². The van der Waals surface area contributed by atoms with Crippen molar-refractivity contribution in [3.63, 3.8) is 0 Å². The summed E-state index contributed by atoms with van der Waals surface area (Å²) >= 11 is 3.44. The van der Waals surface area contributed by atoms with Gasteiger partial charge in [-0.1, -0.05) is 34.1 Å². The zero-order valence-electron chi connectivity index (χ0n) is 11.8. The van der Waals surface area contributed by atoms with Crippen molar-refractivity contribution in [2.24, 2.45) is 0 Å². The summed E-state index contributed by atoms with van der Waals surface area (Å²) in [7, 11) is 0. The zero-order valence-corrected chi connectivity index (χ0v) is 13.4. The van der Waals surface area contributed by atoms with Crippen LogP contribution in [0, 0.1) is 0 Å². The normalized spacial score (nSPS) is 11.0. The fraction of sp³-hybridized carbons (Fsp3) is 0. The first-order valence-corrected chi connectivity index (χ1v) is 7.66. The summed E-state index contributed by atoms with van der Waals surface area (Å²) in [5.74, 6) is 0.393. The van der Waals surface area contributed by atoms with Crippen LogP contribution in [0.2, 0.25) is 0 Å². The van der Waals surface area contributed by atoms with Gasteiger partial charge in [-0.15, -0.1) is 0 Å². The summed E-state index contributed by atoms with van der Waals surface area (Å²) in [4.78, 5) is 21.5. The molecule has 0 spiro atoms. The van der Waals surface area contributed by atoms with E-state index in [1.165, 1.54) is 21.9 Å². The molecule has 0 atom stereocenters. The average Bonchev–Trinajstić information content (AvgIpc) is 3.09. The maximum Gasteiger partial charge on any atom is 0.267 e. The summed E-state index contributed by atoms with van der Waals surface area (Å²) in [5.41, 5.74) is 1.17. The molecule has 23 heavy (non-hydrogen) atoms. The number of halogens is 1. The lowest BCUT2D eigenvalue weighted by Gasteiger charge is -2.13. The molecular weight excluding hydrogens is 358 g/mol. The lowest BCUT2D eigenvalue weighted by molar-refractivity contribution is 0.760. The zero-order chi connectivity index (χ0) is 15.8. The van der Waals surface area contributed by atoms with Crippen LogP contribution in [0.5, 0.6) is 0 Å². The summed E-state index contributed by atoms with van der Waals surface area (Å²) in [6.07, 6.45) is 2.93. The maximum absolute atomic E-state index is 13.0. The summed E-state index contributed by atoms with van der Waals surface area (Å²) in [6, 6.07) is 14.7. The van der Waals surface area contributed by atoms with Crippen molar-refractivity contribution in [1.82, 2.24) is 24.3 Å². The smallest absolute Gasteiger partial charge is 0.267 e. The minimum absolute atomic E-state index is 0.154. The molecular formula is C16H10BrN5O. The van der Waals surface area contributed by atoms with Gasteiger partial charge in [0, 0.05) is 4.47 Å². The van der Waals surface area contributed by atoms with Crippen LogP contribution in [-0.4, -0.2) is 24.3 Å². The van der Waals surface area contributed by atoms with E-state index in [2.05, 4.69) is 31.0 Å². The monoisotopic (exact) mass is 367 g/mol. The Labute approximate surface area is 139 Å². The van der Waals surface area contributed by atoms with Gasteiger partial charge in [0.1, 0.15) is 12.7 Å². The van der Waals surface area contributed by atoms with E-state index in [9.17, 15) is 4.79 Å². The van der Waals surface area contributed by atoms with Crippen molar-refractivity contribution in [2.75, 3.05) is 0 Å². The molecule has 7 heteroatoms. The Bertz CT molecular complexity index is 1060. The molecule has 0 radical (unpaired) electrons. The summed E-state index contributed by atoms with van der Waals surface area (Å²) < 4.78 is 3.89. The largest absolute Gasteiger partial charge is 0.268 e. The van der Waals surface area contributed by atoms with E-state index in [-0.39, 0.29) is 5.56 Å². The Morgan fingerprint density at radius 3 is 2.70 bits per heavy atom. The number of hydrogen-bond acceptors (Lipinski definition) is 4. The number of nitrogens with zero attached hydrogens (tertiary/aromatic N) is 5. The Kier molecular flexibility index (Phi) is 3.27. The van der Waals surface area contributed by atoms with E-state index >= 15 is 0 Å². The third-order valence-electron chi connectivity index (χ3n) is 3.45. The van der Waals surface area contributed by atoms with E-state index in [0.29, 0.717) is 22.5 Å². The first kappa shape index (κ1) is 13.8. The predicted molar refractivity (Wildman–Crippen MR) is 90.0 cm³/mol. The first-order chi connectivity index (χ1) is 11.2. The van der Waals surface area contributed by atoms with Crippen LogP contribution in [0.4, 0.5) is 0 Å². The van der Waals surface area contributed by atoms with E-state index in [0.717, 1.165) is 4.47 Å². The van der Waals surface area contributed by atoms with E-state index in [4.69, 9.17) is 0 Å². The van der Waals surface area contributed by atoms with Crippen molar-refractivity contribution in [3.8, 4) is 11.6 Å². The minimum Gasteiger partial charge on any atom is -0.268 e. The minimum atomic E-state index is -0.154. The summed E-state index contributed by atoms with van der Waals surface area (Å²) in [6.45, 7) is 0. The van der Waals surface area contributed by atoms with Crippen LogP contribution in [-0.2, 0) is 0 Å². The van der Waals surface area contributed by atoms with Crippen LogP contribution in [0.25, 0.3) is 22.5 Å². The standard InChI is InChI=1S/C16H10BrN5O/c17-11-4-3-5-12(8-11)22-15(23)13-6-1-2-7-14(13)20-16(22)21-10-18-9-19-21/h1-10H. The molecule has 0 N–H and O–H groups in total. The number of fused-ring (bicyclic) bond motifs is 1. The number of rotatable bonds is 2. The lowest BCUT2D eigenvalue weighted by atomic mass is 10.2. The van der Waals surface area contributed by atoms with Gasteiger partial charge in [0.25, 0.3) is 5.56 Å². The highest BCUT2D eigenvalue weighted by molar-refractivity contribution is 9.10. The Morgan fingerprint density at radius 1 is 1.04 bits per heavy atom. The van der Waals surface area contributed by atoms with Gasteiger partial charge in [-0.25, -0.2) is 14.5 Å². The van der Waals surface area contributed by atoms with Crippen LogP contribution < -0.4 is 5.56 Å². The van der Waals surface area contributed by atoms with Gasteiger partial charge in [0.2, 0.25) is 5.95 Å². The van der Waals surface area contributed by atoms with Gasteiger partial charge in [-0.05, 0) is 30.3 Å². The highest BCUT2D eigenvalue weighted by Gasteiger charge is 2.14. The number of aromatic nitrogens is 5. The maximum atomic E-state index is 13.0. The fourth-order valence-electron chi connectivity index (χ4n) is 2.43. The number of hydrogen-bond donors (Lipinski definition) is 0. The molecule has 6 nitrogen and oxygen atoms in total. The quantitative estimate of drug-likeness (QED) is 0.546. The van der Waals surface area contributed by atoms with Crippen molar-refractivity contribution >= 4 is 26.8 Å². The van der Waals surface area contributed by atoms with Gasteiger partial charge in [-0.2, -0.15) is 9.78 Å². The van der Waals surface area contributed by atoms with Crippen molar-refractivity contribution in [2.45, 2.75) is 0 Å². The summed E-state index contributed by atoms with van der Waals surface area (Å²) in [5, 5.41) is 4.67. The molecule has 0 amide bonds. The van der Waals surface area contributed by atoms with Crippen LogP contribution >= 0.6 is 15.9 Å². The molecule has 2 heterocycles. The molecule has 0 saturated heterocycles. The van der Waals surface area contributed by atoms with Crippen LogP contribution in [0.3, 0.4) is 0 Å². The predicted octanol–water partition coefficient (Wildman–Crippen LogP) is 2.73. The molecule has 4 aromatic rings. The van der Waals surface area contributed by atoms with Crippen LogP contribution in [0.1, 0.15) is 0 Å².